The van der Waals surface area contributed by atoms with Gasteiger partial charge >= 0.3 is 4.87 Å². The van der Waals surface area contributed by atoms with Gasteiger partial charge in [-0.05, 0) is 77.2 Å². The Labute approximate surface area is 202 Å². The molecule has 0 spiro atoms. The number of rotatable bonds is 6. The van der Waals surface area contributed by atoms with Gasteiger partial charge in [-0.15, -0.1) is 0 Å². The average molecular weight is 579 g/mol. The minimum absolute atomic E-state index is 0.0951. The number of hydrogen-bond acceptors (Lipinski definition) is 5. The molecule has 1 N–H and O–H groups in total. The van der Waals surface area contributed by atoms with E-state index in [-0.39, 0.29) is 9.77 Å². The third-order valence-electron chi connectivity index (χ3n) is 4.81. The average Bonchev–Trinajstić information content (AvgIpc) is 3.06. The van der Waals surface area contributed by atoms with Crippen LogP contribution in [0.25, 0.3) is 10.2 Å². The molecule has 1 aromatic heterocycles. The van der Waals surface area contributed by atoms with Crippen molar-refractivity contribution in [3.05, 3.63) is 86.0 Å². The van der Waals surface area contributed by atoms with E-state index in [1.165, 1.54) is 16.7 Å². The molecular weight excluding hydrogens is 561 g/mol. The summed E-state index contributed by atoms with van der Waals surface area (Å²) in [5, 5.41) is 2.75. The van der Waals surface area contributed by atoms with E-state index in [1.54, 1.807) is 67.7 Å². The van der Waals surface area contributed by atoms with Crippen molar-refractivity contribution in [3.8, 4) is 0 Å². The Morgan fingerprint density at radius 2 is 1.75 bits per heavy atom. The van der Waals surface area contributed by atoms with Crippen LogP contribution >= 0.6 is 33.9 Å². The first-order valence-electron chi connectivity index (χ1n) is 9.48. The third kappa shape index (κ3) is 4.57. The van der Waals surface area contributed by atoms with Crippen LogP contribution in [0.1, 0.15) is 0 Å². The molecule has 0 fully saturated rings. The summed E-state index contributed by atoms with van der Waals surface area (Å²) in [5.74, 6) is -0.495. The highest BCUT2D eigenvalue weighted by molar-refractivity contribution is 14.1. The maximum absolute atomic E-state index is 13.3. The molecule has 0 unspecified atom stereocenters. The van der Waals surface area contributed by atoms with E-state index < -0.39 is 22.5 Å². The van der Waals surface area contributed by atoms with Crippen molar-refractivity contribution in [1.29, 1.82) is 0 Å². The number of nitrogens with one attached hydrogen (secondary N) is 1. The quantitative estimate of drug-likeness (QED) is 0.350. The Kier molecular flexibility index (Phi) is 6.35. The molecule has 0 saturated carbocycles. The molecule has 7 nitrogen and oxygen atoms in total. The maximum atomic E-state index is 13.3. The van der Waals surface area contributed by atoms with E-state index in [0.29, 0.717) is 11.4 Å². The first-order chi connectivity index (χ1) is 15.3. The number of halogens is 1. The zero-order chi connectivity index (χ0) is 22.9. The molecule has 1 amide bonds. The second-order valence-corrected chi connectivity index (χ2v) is 11.1. The monoisotopic (exact) mass is 579 g/mol. The fourth-order valence-corrected chi connectivity index (χ4v) is 5.91. The summed E-state index contributed by atoms with van der Waals surface area (Å²) in [5.41, 5.74) is 1.65. The molecule has 164 valence electrons. The van der Waals surface area contributed by atoms with E-state index in [2.05, 4.69) is 27.9 Å². The third-order valence-corrected chi connectivity index (χ3v) is 8.31. The van der Waals surface area contributed by atoms with Gasteiger partial charge in [0.15, 0.2) is 0 Å². The molecule has 32 heavy (non-hydrogen) atoms. The number of aryl methyl sites for hydroxylation is 1. The number of sulfonamides is 1. The normalized spacial score (nSPS) is 11.4. The van der Waals surface area contributed by atoms with Crippen LogP contribution in [0.5, 0.6) is 0 Å². The number of hydrogen-bond donors (Lipinski definition) is 1. The summed E-state index contributed by atoms with van der Waals surface area (Å²) >= 11 is 3.22. The number of fused-ring (bicyclic) bond motifs is 1. The number of thiazole rings is 1. The number of benzene rings is 3. The molecule has 0 radical (unpaired) electrons. The van der Waals surface area contributed by atoms with Crippen molar-refractivity contribution in [2.45, 2.75) is 4.90 Å². The minimum Gasteiger partial charge on any atom is -0.324 e. The van der Waals surface area contributed by atoms with Gasteiger partial charge in [0.1, 0.15) is 6.54 Å². The highest BCUT2D eigenvalue weighted by atomic mass is 127. The minimum atomic E-state index is -3.96. The zero-order valence-corrected chi connectivity index (χ0v) is 20.6. The predicted molar refractivity (Wildman–Crippen MR) is 136 cm³/mol. The SMILES string of the molecule is Cn1c(=O)sc2cc(NC(=O)CN(c3ccc(I)cc3)S(=O)(=O)c3ccccc3)ccc21. The first-order valence-corrected chi connectivity index (χ1v) is 12.8. The van der Waals surface area contributed by atoms with Crippen molar-refractivity contribution < 1.29 is 13.2 Å². The number of amides is 1. The van der Waals surface area contributed by atoms with Crippen molar-refractivity contribution >= 4 is 71.4 Å². The molecule has 4 rings (SSSR count). The summed E-state index contributed by atoms with van der Waals surface area (Å²) < 4.78 is 31.0. The molecular formula is C22H18IN3O4S2. The van der Waals surface area contributed by atoms with Crippen molar-refractivity contribution in [3.63, 3.8) is 0 Å². The van der Waals surface area contributed by atoms with Gasteiger partial charge in [-0.25, -0.2) is 8.42 Å². The zero-order valence-electron chi connectivity index (χ0n) is 16.9. The van der Waals surface area contributed by atoms with Crippen molar-refractivity contribution in [2.75, 3.05) is 16.2 Å². The van der Waals surface area contributed by atoms with E-state index in [9.17, 15) is 18.0 Å². The van der Waals surface area contributed by atoms with Crippen LogP contribution in [0.3, 0.4) is 0 Å². The number of anilines is 2. The van der Waals surface area contributed by atoms with Gasteiger partial charge in [0, 0.05) is 16.3 Å². The van der Waals surface area contributed by atoms with Crippen molar-refractivity contribution in [1.82, 2.24) is 4.57 Å². The Balaban J connectivity index is 1.64. The summed E-state index contributed by atoms with van der Waals surface area (Å²) in [6.07, 6.45) is 0. The number of aromatic nitrogens is 1. The van der Waals surface area contributed by atoms with Crippen molar-refractivity contribution in [2.24, 2.45) is 7.05 Å². The molecule has 0 saturated heterocycles. The molecule has 0 aliphatic rings. The fourth-order valence-electron chi connectivity index (χ4n) is 3.18. The second kappa shape index (κ2) is 9.04. The van der Waals surface area contributed by atoms with Gasteiger partial charge in [0.2, 0.25) is 5.91 Å². The Morgan fingerprint density at radius 3 is 2.44 bits per heavy atom. The molecule has 0 aliphatic carbocycles. The Morgan fingerprint density at radius 1 is 1.06 bits per heavy atom. The van der Waals surface area contributed by atoms with E-state index >= 15 is 0 Å². The lowest BCUT2D eigenvalue weighted by atomic mass is 10.3. The summed E-state index contributed by atoms with van der Waals surface area (Å²) in [6.45, 7) is -0.402. The number of carbonyl (C=O) groups excluding carboxylic acids is 1. The lowest BCUT2D eigenvalue weighted by Crippen LogP contribution is -2.38. The standard InChI is InChI=1S/C22H18IN3O4S2/c1-25-19-12-9-16(13-20(19)31-22(25)28)24-21(27)14-26(17-10-7-15(23)8-11-17)32(29,30)18-5-3-2-4-6-18/h2-13H,14H2,1H3,(H,24,27). The van der Waals surface area contributed by atoms with E-state index in [4.69, 9.17) is 0 Å². The van der Waals surface area contributed by atoms with Gasteiger partial charge in [-0.3, -0.25) is 13.9 Å². The molecule has 10 heteroatoms. The van der Waals surface area contributed by atoms with Crippen LogP contribution in [-0.2, 0) is 21.9 Å². The van der Waals surface area contributed by atoms with Gasteiger partial charge < -0.3 is 9.88 Å². The summed E-state index contributed by atoms with van der Waals surface area (Å²) in [6, 6.07) is 20.1. The lowest BCUT2D eigenvalue weighted by Gasteiger charge is -2.24. The van der Waals surface area contributed by atoms with Gasteiger partial charge in [0.05, 0.1) is 20.8 Å². The molecule has 1 heterocycles. The second-order valence-electron chi connectivity index (χ2n) is 6.96. The Hall–Kier alpha value is -2.70. The van der Waals surface area contributed by atoms with Crippen LogP contribution < -0.4 is 14.5 Å². The van der Waals surface area contributed by atoms with Gasteiger partial charge in [-0.1, -0.05) is 29.5 Å². The van der Waals surface area contributed by atoms with Crippen LogP contribution in [0.2, 0.25) is 0 Å². The Bertz CT molecular complexity index is 1450. The summed E-state index contributed by atoms with van der Waals surface area (Å²) in [7, 11) is -2.28. The first kappa shape index (κ1) is 22.5. The molecule has 4 aromatic rings. The van der Waals surface area contributed by atoms with Gasteiger partial charge in [-0.2, -0.15) is 0 Å². The topological polar surface area (TPSA) is 88.5 Å². The predicted octanol–water partition coefficient (Wildman–Crippen LogP) is 4.04. The van der Waals surface area contributed by atoms with Crippen LogP contribution in [0, 0.1) is 3.57 Å². The van der Waals surface area contributed by atoms with Crippen LogP contribution in [0.4, 0.5) is 11.4 Å². The van der Waals surface area contributed by atoms with E-state index in [1.807, 2.05) is 0 Å². The summed E-state index contributed by atoms with van der Waals surface area (Å²) in [4.78, 5) is 24.7. The largest absolute Gasteiger partial charge is 0.324 e. The number of nitrogens with zero attached hydrogens (tertiary/aromatic N) is 2. The molecule has 0 aliphatic heterocycles. The van der Waals surface area contributed by atoms with E-state index in [0.717, 1.165) is 29.4 Å². The molecule has 0 bridgehead atoms. The highest BCUT2D eigenvalue weighted by Crippen LogP contribution is 2.25. The maximum Gasteiger partial charge on any atom is 0.307 e. The van der Waals surface area contributed by atoms with Crippen LogP contribution in [0.15, 0.2) is 82.5 Å². The molecule has 3 aromatic carbocycles. The van der Waals surface area contributed by atoms with Gasteiger partial charge in [0.25, 0.3) is 10.0 Å². The molecule has 0 atom stereocenters. The number of carbonyl (C=O) groups is 1. The lowest BCUT2D eigenvalue weighted by molar-refractivity contribution is -0.114. The smallest absolute Gasteiger partial charge is 0.307 e. The highest BCUT2D eigenvalue weighted by Gasteiger charge is 2.27. The fraction of sp³-hybridized carbons (Fsp3) is 0.0909. The van der Waals surface area contributed by atoms with Crippen LogP contribution in [-0.4, -0.2) is 25.4 Å².